The molecule has 230 valence electrons. The first-order valence-electron chi connectivity index (χ1n) is 13.9. The van der Waals surface area contributed by atoms with Gasteiger partial charge in [0.05, 0.1) is 21.7 Å². The van der Waals surface area contributed by atoms with Gasteiger partial charge in [-0.25, -0.2) is 0 Å². The van der Waals surface area contributed by atoms with Gasteiger partial charge in [0.15, 0.2) is 5.60 Å². The minimum Gasteiger partial charge on any atom is -0.380 e. The Morgan fingerprint density at radius 2 is 1.48 bits per heavy atom. The Balaban J connectivity index is 0.00000405. The Hall–Kier alpha value is -1.43. The first-order valence-corrected chi connectivity index (χ1v) is 15.4. The van der Waals surface area contributed by atoms with Crippen molar-refractivity contribution in [3.05, 3.63) is 61.5 Å². The largest absolute Gasteiger partial charge is 0.380 e. The summed E-state index contributed by atoms with van der Waals surface area (Å²) in [5.74, 6) is -0.497. The van der Waals surface area contributed by atoms with Crippen LogP contribution in [0.5, 0.6) is 0 Å². The maximum absolute atomic E-state index is 13.2. The lowest BCUT2D eigenvalue weighted by atomic mass is 9.92. The summed E-state index contributed by atoms with van der Waals surface area (Å²) < 4.78 is 0. The quantitative estimate of drug-likeness (QED) is 0.458. The highest BCUT2D eigenvalue weighted by Gasteiger charge is 2.41. The Morgan fingerprint density at radius 3 is 2.07 bits per heavy atom. The van der Waals surface area contributed by atoms with Crippen LogP contribution < -0.4 is 5.32 Å². The Kier molecular flexibility index (Phi) is 10.9. The highest BCUT2D eigenvalue weighted by molar-refractivity contribution is 7.59. The minimum atomic E-state index is -1.76. The summed E-state index contributed by atoms with van der Waals surface area (Å²) in [5.41, 5.74) is -0.292. The van der Waals surface area contributed by atoms with E-state index in [1.165, 1.54) is 6.92 Å². The number of halogens is 4. The van der Waals surface area contributed by atoms with Crippen LogP contribution >= 0.6 is 59.9 Å². The monoisotopic (exact) mass is 675 g/mol. The van der Waals surface area contributed by atoms with Crippen molar-refractivity contribution < 1.29 is 14.7 Å². The van der Waals surface area contributed by atoms with Gasteiger partial charge in [-0.3, -0.25) is 14.5 Å². The topological polar surface area (TPSA) is 79.4 Å². The number of benzene rings is 2. The van der Waals surface area contributed by atoms with E-state index in [0.29, 0.717) is 63.4 Å². The van der Waals surface area contributed by atoms with Gasteiger partial charge in [0.2, 0.25) is 0 Å². The molecule has 3 heterocycles. The molecule has 3 aliphatic rings. The van der Waals surface area contributed by atoms with Crippen LogP contribution in [0.1, 0.15) is 35.7 Å². The molecule has 2 amide bonds. The van der Waals surface area contributed by atoms with Gasteiger partial charge in [-0.15, -0.1) is 0 Å². The molecule has 0 unspecified atom stereocenters. The van der Waals surface area contributed by atoms with E-state index < -0.39 is 5.60 Å². The number of anilines is 1. The lowest BCUT2D eigenvalue weighted by Crippen LogP contribution is -2.61. The number of piperidine rings is 1. The summed E-state index contributed by atoms with van der Waals surface area (Å²) in [7, 11) is 2.04. The van der Waals surface area contributed by atoms with E-state index in [-0.39, 0.29) is 31.4 Å². The van der Waals surface area contributed by atoms with Gasteiger partial charge < -0.3 is 25.1 Å². The van der Waals surface area contributed by atoms with Crippen LogP contribution in [0.15, 0.2) is 30.3 Å². The lowest BCUT2D eigenvalue weighted by molar-refractivity contribution is -0.152. The number of nitrogens with zero attached hydrogens (tertiary/aromatic N) is 4. The zero-order chi connectivity index (χ0) is 29.5. The Morgan fingerprint density at radius 1 is 0.881 bits per heavy atom. The van der Waals surface area contributed by atoms with E-state index >= 15 is 0 Å². The van der Waals surface area contributed by atoms with E-state index in [1.54, 1.807) is 40.1 Å². The number of hydrogen-bond donors (Lipinski definition) is 2. The van der Waals surface area contributed by atoms with Crippen LogP contribution in [0, 0.1) is 0 Å². The molecule has 3 fully saturated rings. The molecule has 0 radical (unpaired) electrons. The highest BCUT2D eigenvalue weighted by atomic mass is 35.5. The maximum Gasteiger partial charge on any atom is 0.258 e. The van der Waals surface area contributed by atoms with Gasteiger partial charge >= 0.3 is 0 Å². The van der Waals surface area contributed by atoms with E-state index in [0.717, 1.165) is 44.7 Å². The van der Waals surface area contributed by atoms with Crippen molar-refractivity contribution in [2.75, 3.05) is 64.7 Å². The summed E-state index contributed by atoms with van der Waals surface area (Å²) in [5, 5.41) is 16.0. The Labute approximate surface area is 274 Å². The van der Waals surface area contributed by atoms with E-state index in [1.807, 2.05) is 7.05 Å². The third-order valence-electron chi connectivity index (χ3n) is 8.46. The summed E-state index contributed by atoms with van der Waals surface area (Å²) in [6.07, 6.45) is 1.64. The van der Waals surface area contributed by atoms with Crippen LogP contribution in [0.25, 0.3) is 0 Å². The number of likely N-dealkylation sites (N-methyl/N-ethyl adjacent to an activating group) is 1. The van der Waals surface area contributed by atoms with Gasteiger partial charge in [-0.2, -0.15) is 13.5 Å². The summed E-state index contributed by atoms with van der Waals surface area (Å²) >= 11 is 25.4. The summed E-state index contributed by atoms with van der Waals surface area (Å²) in [6, 6.07) is 8.90. The van der Waals surface area contributed by atoms with Crippen molar-refractivity contribution in [2.24, 2.45) is 0 Å². The van der Waals surface area contributed by atoms with Gasteiger partial charge in [0.1, 0.15) is 0 Å². The molecule has 2 aromatic carbocycles. The van der Waals surface area contributed by atoms with Crippen LogP contribution in [0.4, 0.5) is 5.69 Å². The van der Waals surface area contributed by atoms with Gasteiger partial charge in [0.25, 0.3) is 11.8 Å². The van der Waals surface area contributed by atoms with Gasteiger partial charge in [-0.05, 0) is 57.1 Å². The van der Waals surface area contributed by atoms with E-state index in [9.17, 15) is 14.7 Å². The molecule has 0 saturated carbocycles. The van der Waals surface area contributed by atoms with E-state index in [2.05, 4.69) is 15.1 Å². The molecule has 0 spiro atoms. The average molecular weight is 678 g/mol. The lowest BCUT2D eigenvalue weighted by Gasteiger charge is -2.48. The molecule has 42 heavy (non-hydrogen) atoms. The predicted octanol–water partition coefficient (Wildman–Crippen LogP) is 4.80. The van der Waals surface area contributed by atoms with Crippen LogP contribution in [-0.4, -0.2) is 108 Å². The molecule has 0 aliphatic carbocycles. The van der Waals surface area contributed by atoms with Gasteiger partial charge in [-0.1, -0.05) is 46.4 Å². The number of piperazine rings is 1. The van der Waals surface area contributed by atoms with Crippen molar-refractivity contribution in [3.63, 3.8) is 0 Å². The average Bonchev–Trinajstić information content (AvgIpc) is 2.91. The van der Waals surface area contributed by atoms with Crippen molar-refractivity contribution in [3.8, 4) is 0 Å². The SMILES string of the molecule is CN1CCN(C(=O)c2c(Cl)cc(NC3CN(C4CCN(C(=O)[C@@](C)(O)c5cc(Cl)ccc5Cl)CC4)C3)cc2Cl)CC1.S. The standard InChI is InChI=1S/C29H35Cl4N5O3.H2S/c1-29(41,22-13-18(30)3-4-23(22)31)28(40)37-7-5-21(6-8-37)38-16-20(17-38)34-19-14-24(32)26(25(33)15-19)27(39)36-11-9-35(2)10-12-36;/h3-4,13-15,20-21,34,41H,5-12,16-17H2,1-2H3;1H2/t29-;/m0./s1. The molecule has 3 saturated heterocycles. The van der Waals surface area contributed by atoms with Crippen molar-refractivity contribution >= 4 is 77.4 Å². The summed E-state index contributed by atoms with van der Waals surface area (Å²) in [4.78, 5) is 34.4. The fourth-order valence-electron chi connectivity index (χ4n) is 5.89. The second-order valence-corrected chi connectivity index (χ2v) is 13.1. The normalized spacial score (nSPS) is 20.5. The molecule has 0 bridgehead atoms. The third-order valence-corrected chi connectivity index (χ3v) is 9.63. The molecule has 2 N–H and O–H groups in total. The maximum atomic E-state index is 13.2. The van der Waals surface area contributed by atoms with E-state index in [4.69, 9.17) is 46.4 Å². The first kappa shape index (κ1) is 33.5. The molecule has 13 heteroatoms. The second kappa shape index (κ2) is 13.7. The van der Waals surface area contributed by atoms with Crippen LogP contribution in [0.3, 0.4) is 0 Å². The number of carbonyl (C=O) groups is 2. The van der Waals surface area contributed by atoms with Crippen molar-refractivity contribution in [1.29, 1.82) is 0 Å². The molecule has 0 aromatic heterocycles. The fourth-order valence-corrected chi connectivity index (χ4v) is 7.02. The fraction of sp³-hybridized carbons (Fsp3) is 0.517. The second-order valence-electron chi connectivity index (χ2n) is 11.4. The predicted molar refractivity (Wildman–Crippen MR) is 175 cm³/mol. The Bertz CT molecular complexity index is 1290. The van der Waals surface area contributed by atoms with Crippen LogP contribution in [-0.2, 0) is 10.4 Å². The molecule has 2 aromatic rings. The number of amides is 2. The number of rotatable bonds is 6. The first-order chi connectivity index (χ1) is 19.4. The summed E-state index contributed by atoms with van der Waals surface area (Å²) in [6.45, 7) is 7.25. The van der Waals surface area contributed by atoms with Gasteiger partial charge in [0, 0.05) is 79.7 Å². The number of likely N-dealkylation sites (tertiary alicyclic amines) is 2. The number of carbonyl (C=O) groups excluding carboxylic acids is 2. The molecule has 5 rings (SSSR count). The number of nitrogens with one attached hydrogen (secondary N) is 1. The molecule has 3 aliphatic heterocycles. The molecular formula is C29H37Cl4N5O3S. The number of hydrogen-bond acceptors (Lipinski definition) is 6. The van der Waals surface area contributed by atoms with Crippen molar-refractivity contribution in [1.82, 2.24) is 19.6 Å². The number of aliphatic hydroxyl groups is 1. The smallest absolute Gasteiger partial charge is 0.258 e. The third kappa shape index (κ3) is 7.10. The highest BCUT2D eigenvalue weighted by Crippen LogP contribution is 2.35. The van der Waals surface area contributed by atoms with Crippen LogP contribution in [0.2, 0.25) is 20.1 Å². The minimum absolute atomic E-state index is 0. The molecule has 1 atom stereocenters. The van der Waals surface area contributed by atoms with Crippen molar-refractivity contribution in [2.45, 2.75) is 37.5 Å². The zero-order valence-electron chi connectivity index (χ0n) is 23.7. The molecule has 8 nitrogen and oxygen atoms in total. The zero-order valence-corrected chi connectivity index (χ0v) is 27.7. The molecular weight excluding hydrogens is 640 g/mol.